The third kappa shape index (κ3) is 3.88. The maximum Gasteiger partial charge on any atom is 0.263 e. The number of fused-ring (bicyclic) bond motifs is 3. The first kappa shape index (κ1) is 20.7. The number of carbonyl (C=O) groups is 1. The standard InChI is InChI=1S/C21H17ClN4O2S2/c1-2-8-26-20(28)18-14-4-3-5-16(14)30-19(18)25-21(26)29-11-17(27)24-15-9-13(22)7-6-12(15)10-23/h2,6-7,9H,1,3-5,8,11H2,(H,24,27). The lowest BCUT2D eigenvalue weighted by molar-refractivity contribution is -0.113. The zero-order valence-electron chi connectivity index (χ0n) is 15.9. The van der Waals surface area contributed by atoms with Crippen molar-refractivity contribution < 1.29 is 4.79 Å². The largest absolute Gasteiger partial charge is 0.324 e. The topological polar surface area (TPSA) is 87.8 Å². The minimum atomic E-state index is -0.313. The summed E-state index contributed by atoms with van der Waals surface area (Å²) in [5.41, 5.74) is 1.74. The van der Waals surface area contributed by atoms with Gasteiger partial charge in [-0.1, -0.05) is 29.4 Å². The van der Waals surface area contributed by atoms with Crippen LogP contribution in [-0.2, 0) is 24.2 Å². The van der Waals surface area contributed by atoms with E-state index >= 15 is 0 Å². The van der Waals surface area contributed by atoms with E-state index in [1.807, 2.05) is 6.07 Å². The van der Waals surface area contributed by atoms with Crippen LogP contribution in [0.25, 0.3) is 10.2 Å². The van der Waals surface area contributed by atoms with Crippen LogP contribution in [0.15, 0.2) is 40.8 Å². The van der Waals surface area contributed by atoms with E-state index in [2.05, 4.69) is 16.9 Å². The Balaban J connectivity index is 1.59. The minimum absolute atomic E-state index is 0.0392. The highest BCUT2D eigenvalue weighted by Gasteiger charge is 2.23. The van der Waals surface area contributed by atoms with Gasteiger partial charge >= 0.3 is 0 Å². The Hall–Kier alpha value is -2.60. The number of carbonyl (C=O) groups excluding carboxylic acids is 1. The summed E-state index contributed by atoms with van der Waals surface area (Å²) in [6.45, 7) is 4.06. The molecule has 0 unspecified atom stereocenters. The monoisotopic (exact) mass is 456 g/mol. The van der Waals surface area contributed by atoms with Crippen LogP contribution >= 0.6 is 34.7 Å². The Morgan fingerprint density at radius 1 is 1.47 bits per heavy atom. The molecule has 2 heterocycles. The predicted octanol–water partition coefficient (Wildman–Crippen LogP) is 4.39. The molecule has 0 bridgehead atoms. The van der Waals surface area contributed by atoms with E-state index in [4.69, 9.17) is 11.6 Å². The maximum atomic E-state index is 13.1. The molecule has 152 valence electrons. The van der Waals surface area contributed by atoms with Crippen LogP contribution in [0.4, 0.5) is 5.69 Å². The molecule has 1 aromatic carbocycles. The van der Waals surface area contributed by atoms with Gasteiger partial charge in [0.2, 0.25) is 5.91 Å². The quantitative estimate of drug-likeness (QED) is 0.337. The summed E-state index contributed by atoms with van der Waals surface area (Å²) in [6.07, 6.45) is 4.62. The summed E-state index contributed by atoms with van der Waals surface area (Å²) < 4.78 is 1.57. The second kappa shape index (κ2) is 8.64. The second-order valence-electron chi connectivity index (χ2n) is 6.77. The van der Waals surface area contributed by atoms with Crippen LogP contribution in [0.3, 0.4) is 0 Å². The molecular weight excluding hydrogens is 440 g/mol. The summed E-state index contributed by atoms with van der Waals surface area (Å²) in [4.78, 5) is 32.3. The van der Waals surface area contributed by atoms with Gasteiger partial charge in [-0.25, -0.2) is 4.98 Å². The van der Waals surface area contributed by atoms with Crippen molar-refractivity contribution in [2.24, 2.45) is 0 Å². The molecule has 0 saturated heterocycles. The van der Waals surface area contributed by atoms with Crippen molar-refractivity contribution in [3.05, 3.63) is 62.2 Å². The molecule has 30 heavy (non-hydrogen) atoms. The van der Waals surface area contributed by atoms with E-state index in [1.54, 1.807) is 34.1 Å². The molecule has 1 aliphatic carbocycles. The van der Waals surface area contributed by atoms with E-state index in [0.717, 1.165) is 29.7 Å². The average molecular weight is 457 g/mol. The number of hydrogen-bond donors (Lipinski definition) is 1. The molecule has 0 spiro atoms. The van der Waals surface area contributed by atoms with Gasteiger partial charge < -0.3 is 5.32 Å². The number of halogens is 1. The van der Waals surface area contributed by atoms with E-state index < -0.39 is 0 Å². The highest BCUT2D eigenvalue weighted by molar-refractivity contribution is 7.99. The van der Waals surface area contributed by atoms with Crippen molar-refractivity contribution >= 4 is 56.5 Å². The van der Waals surface area contributed by atoms with Gasteiger partial charge in [0.1, 0.15) is 10.9 Å². The van der Waals surface area contributed by atoms with E-state index in [1.165, 1.54) is 22.7 Å². The lowest BCUT2D eigenvalue weighted by atomic mass is 10.2. The smallest absolute Gasteiger partial charge is 0.263 e. The summed E-state index contributed by atoms with van der Waals surface area (Å²) in [7, 11) is 0. The number of allylic oxidation sites excluding steroid dienone is 1. The molecule has 0 radical (unpaired) electrons. The summed E-state index contributed by atoms with van der Waals surface area (Å²) in [5, 5.41) is 13.5. The van der Waals surface area contributed by atoms with E-state index in [0.29, 0.717) is 33.4 Å². The number of benzene rings is 1. The number of anilines is 1. The van der Waals surface area contributed by atoms with Crippen LogP contribution in [-0.4, -0.2) is 21.2 Å². The van der Waals surface area contributed by atoms with Crippen molar-refractivity contribution in [3.63, 3.8) is 0 Å². The molecule has 0 fully saturated rings. The SMILES string of the molecule is C=CCn1c(SCC(=O)Nc2cc(Cl)ccc2C#N)nc2sc3c(c2c1=O)CCC3. The van der Waals surface area contributed by atoms with Gasteiger partial charge in [0.25, 0.3) is 5.56 Å². The van der Waals surface area contributed by atoms with Crippen LogP contribution in [0.1, 0.15) is 22.4 Å². The van der Waals surface area contributed by atoms with Crippen LogP contribution in [0, 0.1) is 11.3 Å². The number of thiophene rings is 1. The zero-order valence-corrected chi connectivity index (χ0v) is 18.3. The normalized spacial score (nSPS) is 12.5. The summed E-state index contributed by atoms with van der Waals surface area (Å²) in [5.74, 6) is -0.274. The average Bonchev–Trinajstić information content (AvgIpc) is 3.30. The summed E-state index contributed by atoms with van der Waals surface area (Å²) >= 11 is 8.72. The van der Waals surface area contributed by atoms with Crippen molar-refractivity contribution in [2.45, 2.75) is 31.0 Å². The molecule has 1 amide bonds. The molecule has 0 aliphatic heterocycles. The third-order valence-electron chi connectivity index (χ3n) is 4.81. The predicted molar refractivity (Wildman–Crippen MR) is 122 cm³/mol. The molecule has 2 aromatic heterocycles. The second-order valence-corrected chi connectivity index (χ2v) is 9.24. The van der Waals surface area contributed by atoms with Gasteiger partial charge in [-0.05, 0) is 43.0 Å². The number of aryl methyl sites for hydroxylation is 2. The first-order chi connectivity index (χ1) is 14.5. The van der Waals surface area contributed by atoms with Crippen molar-refractivity contribution in [1.82, 2.24) is 9.55 Å². The third-order valence-corrected chi connectivity index (χ3v) is 7.21. The highest BCUT2D eigenvalue weighted by atomic mass is 35.5. The Kier molecular flexibility index (Phi) is 5.95. The van der Waals surface area contributed by atoms with Crippen molar-refractivity contribution in [3.8, 4) is 6.07 Å². The van der Waals surface area contributed by atoms with Gasteiger partial charge in [0, 0.05) is 16.4 Å². The maximum absolute atomic E-state index is 13.1. The Morgan fingerprint density at radius 2 is 2.30 bits per heavy atom. The molecule has 4 rings (SSSR count). The molecule has 1 N–H and O–H groups in total. The van der Waals surface area contributed by atoms with Crippen molar-refractivity contribution in [1.29, 1.82) is 5.26 Å². The minimum Gasteiger partial charge on any atom is -0.324 e. The fourth-order valence-electron chi connectivity index (χ4n) is 3.49. The molecule has 3 aromatic rings. The van der Waals surface area contributed by atoms with Crippen LogP contribution in [0.2, 0.25) is 5.02 Å². The number of hydrogen-bond acceptors (Lipinski definition) is 6. The highest BCUT2D eigenvalue weighted by Crippen LogP contribution is 2.35. The Labute approximate surface area is 186 Å². The molecule has 0 saturated carbocycles. The van der Waals surface area contributed by atoms with Crippen LogP contribution in [0.5, 0.6) is 0 Å². The molecule has 1 aliphatic rings. The van der Waals surface area contributed by atoms with Gasteiger partial charge in [-0.3, -0.25) is 14.2 Å². The number of rotatable bonds is 6. The summed E-state index contributed by atoms with van der Waals surface area (Å²) in [6, 6.07) is 6.71. The number of nitrogens with zero attached hydrogens (tertiary/aromatic N) is 3. The fourth-order valence-corrected chi connectivity index (χ4v) is 5.78. The lowest BCUT2D eigenvalue weighted by Crippen LogP contribution is -2.24. The fraction of sp³-hybridized carbons (Fsp3) is 0.238. The van der Waals surface area contributed by atoms with Gasteiger partial charge in [-0.2, -0.15) is 5.26 Å². The number of amides is 1. The molecular formula is C21H17ClN4O2S2. The zero-order chi connectivity index (χ0) is 21.3. The Bertz CT molecular complexity index is 1270. The first-order valence-corrected chi connectivity index (χ1v) is 11.5. The molecule has 0 atom stereocenters. The molecule has 6 nitrogen and oxygen atoms in total. The van der Waals surface area contributed by atoms with Crippen molar-refractivity contribution in [2.75, 3.05) is 11.1 Å². The van der Waals surface area contributed by atoms with Gasteiger partial charge in [-0.15, -0.1) is 17.9 Å². The van der Waals surface area contributed by atoms with E-state index in [-0.39, 0.29) is 17.2 Å². The number of thioether (sulfide) groups is 1. The Morgan fingerprint density at radius 3 is 3.07 bits per heavy atom. The number of aromatic nitrogens is 2. The number of nitriles is 1. The van der Waals surface area contributed by atoms with E-state index in [9.17, 15) is 14.9 Å². The van der Waals surface area contributed by atoms with Crippen LogP contribution < -0.4 is 10.9 Å². The molecule has 9 heteroatoms. The first-order valence-electron chi connectivity index (χ1n) is 9.30. The van der Waals surface area contributed by atoms with Gasteiger partial charge in [0.15, 0.2) is 5.16 Å². The van der Waals surface area contributed by atoms with Gasteiger partial charge in [0.05, 0.1) is 22.4 Å². The number of nitrogens with one attached hydrogen (secondary N) is 1. The lowest BCUT2D eigenvalue weighted by Gasteiger charge is -2.11.